The van der Waals surface area contributed by atoms with Crippen LogP contribution in [0.3, 0.4) is 0 Å². The largest absolute Gasteiger partial charge is 0.351 e. The van der Waals surface area contributed by atoms with Gasteiger partial charge in [0.2, 0.25) is 5.91 Å². The number of aromatic nitrogens is 4. The van der Waals surface area contributed by atoms with Gasteiger partial charge in [0, 0.05) is 36.1 Å². The van der Waals surface area contributed by atoms with Crippen molar-refractivity contribution in [3.8, 4) is 11.4 Å². The van der Waals surface area contributed by atoms with Crippen LogP contribution in [0.2, 0.25) is 5.02 Å². The number of carbonyl (C=O) groups is 1. The zero-order valence-corrected chi connectivity index (χ0v) is 16.1. The molecular formula is C19H18ClN5OS. The lowest BCUT2D eigenvalue weighted by Crippen LogP contribution is -2.24. The summed E-state index contributed by atoms with van der Waals surface area (Å²) in [7, 11) is 0. The molecule has 0 saturated carbocycles. The van der Waals surface area contributed by atoms with Gasteiger partial charge in [0.05, 0.1) is 5.75 Å². The first-order valence-corrected chi connectivity index (χ1v) is 9.63. The van der Waals surface area contributed by atoms with Gasteiger partial charge in [0.25, 0.3) is 0 Å². The van der Waals surface area contributed by atoms with Gasteiger partial charge in [-0.3, -0.25) is 14.3 Å². The van der Waals surface area contributed by atoms with E-state index in [0.717, 1.165) is 17.0 Å². The number of rotatable bonds is 8. The highest BCUT2D eigenvalue weighted by atomic mass is 35.5. The predicted octanol–water partition coefficient (Wildman–Crippen LogP) is 3.59. The summed E-state index contributed by atoms with van der Waals surface area (Å²) in [5.41, 5.74) is 1.79. The van der Waals surface area contributed by atoms with Crippen LogP contribution in [-0.2, 0) is 17.9 Å². The molecule has 1 amide bonds. The second-order valence-corrected chi connectivity index (χ2v) is 6.95. The topological polar surface area (TPSA) is 72.7 Å². The summed E-state index contributed by atoms with van der Waals surface area (Å²) in [6, 6.07) is 11.2. The van der Waals surface area contributed by atoms with E-state index in [1.165, 1.54) is 11.8 Å². The van der Waals surface area contributed by atoms with Crippen molar-refractivity contribution in [2.75, 3.05) is 5.75 Å². The summed E-state index contributed by atoms with van der Waals surface area (Å²) in [6.45, 7) is 4.73. The minimum atomic E-state index is -0.0986. The molecule has 0 aliphatic carbocycles. The molecule has 0 saturated heterocycles. The molecule has 27 heavy (non-hydrogen) atoms. The maximum Gasteiger partial charge on any atom is 0.230 e. The molecule has 1 aromatic carbocycles. The predicted molar refractivity (Wildman–Crippen MR) is 107 cm³/mol. The third kappa shape index (κ3) is 4.96. The van der Waals surface area contributed by atoms with E-state index in [4.69, 9.17) is 11.6 Å². The zero-order chi connectivity index (χ0) is 19.1. The van der Waals surface area contributed by atoms with Crippen molar-refractivity contribution in [1.82, 2.24) is 25.1 Å². The van der Waals surface area contributed by atoms with Crippen molar-refractivity contribution in [2.24, 2.45) is 0 Å². The van der Waals surface area contributed by atoms with Crippen molar-refractivity contribution in [2.45, 2.75) is 18.2 Å². The van der Waals surface area contributed by atoms with E-state index >= 15 is 0 Å². The molecule has 0 atom stereocenters. The molecule has 0 aliphatic rings. The monoisotopic (exact) mass is 399 g/mol. The molecule has 2 aromatic heterocycles. The molecule has 0 spiro atoms. The average molecular weight is 400 g/mol. The normalized spacial score (nSPS) is 10.6. The van der Waals surface area contributed by atoms with E-state index < -0.39 is 0 Å². The Morgan fingerprint density at radius 2 is 2.00 bits per heavy atom. The van der Waals surface area contributed by atoms with Crippen LogP contribution in [-0.4, -0.2) is 31.4 Å². The zero-order valence-electron chi connectivity index (χ0n) is 14.5. The van der Waals surface area contributed by atoms with E-state index in [1.807, 2.05) is 34.9 Å². The maximum absolute atomic E-state index is 12.2. The van der Waals surface area contributed by atoms with E-state index in [1.54, 1.807) is 24.5 Å². The van der Waals surface area contributed by atoms with Crippen LogP contribution in [0.15, 0.2) is 66.6 Å². The standard InChI is InChI=1S/C19H18ClN5OS/c1-2-11-25-18(14-7-9-21-10-8-14)23-24-19(25)27-13-17(26)22-12-15-5-3-4-6-16(15)20/h2-10H,1,11-13H2,(H,22,26). The SMILES string of the molecule is C=CCn1c(SCC(=O)NCc2ccccc2Cl)nnc1-c1ccncc1. The summed E-state index contributed by atoms with van der Waals surface area (Å²) in [5, 5.41) is 12.6. The van der Waals surface area contributed by atoms with Crippen LogP contribution < -0.4 is 5.32 Å². The highest BCUT2D eigenvalue weighted by Gasteiger charge is 2.15. The quantitative estimate of drug-likeness (QED) is 0.463. The Kier molecular flexibility index (Phi) is 6.62. The molecule has 0 radical (unpaired) electrons. The van der Waals surface area contributed by atoms with Crippen molar-refractivity contribution in [1.29, 1.82) is 0 Å². The highest BCUT2D eigenvalue weighted by molar-refractivity contribution is 7.99. The summed E-state index contributed by atoms with van der Waals surface area (Å²) in [6.07, 6.45) is 5.18. The van der Waals surface area contributed by atoms with Crippen LogP contribution in [0.1, 0.15) is 5.56 Å². The molecule has 138 valence electrons. The molecule has 2 heterocycles. The lowest BCUT2D eigenvalue weighted by molar-refractivity contribution is -0.118. The molecule has 1 N–H and O–H groups in total. The molecular weight excluding hydrogens is 382 g/mol. The number of pyridine rings is 1. The first-order chi connectivity index (χ1) is 13.2. The summed E-state index contributed by atoms with van der Waals surface area (Å²) < 4.78 is 1.92. The van der Waals surface area contributed by atoms with E-state index in [0.29, 0.717) is 23.3 Å². The summed E-state index contributed by atoms with van der Waals surface area (Å²) >= 11 is 7.44. The van der Waals surface area contributed by atoms with Crippen LogP contribution in [0.25, 0.3) is 11.4 Å². The Hall–Kier alpha value is -2.64. The highest BCUT2D eigenvalue weighted by Crippen LogP contribution is 2.23. The molecule has 0 fully saturated rings. The molecule has 8 heteroatoms. The smallest absolute Gasteiger partial charge is 0.230 e. The molecule has 0 bridgehead atoms. The van der Waals surface area contributed by atoms with Crippen molar-refractivity contribution < 1.29 is 4.79 Å². The number of hydrogen-bond donors (Lipinski definition) is 1. The number of carbonyl (C=O) groups excluding carboxylic acids is 1. The van der Waals surface area contributed by atoms with E-state index in [-0.39, 0.29) is 11.7 Å². The van der Waals surface area contributed by atoms with Crippen LogP contribution >= 0.6 is 23.4 Å². The van der Waals surface area contributed by atoms with Gasteiger partial charge in [-0.05, 0) is 23.8 Å². The van der Waals surface area contributed by atoms with Crippen LogP contribution in [0, 0.1) is 0 Å². The number of benzene rings is 1. The van der Waals surface area contributed by atoms with E-state index in [9.17, 15) is 4.79 Å². The molecule has 6 nitrogen and oxygen atoms in total. The minimum absolute atomic E-state index is 0.0986. The van der Waals surface area contributed by atoms with Crippen molar-refractivity contribution >= 4 is 29.3 Å². The van der Waals surface area contributed by atoms with Gasteiger partial charge < -0.3 is 5.32 Å². The number of nitrogens with zero attached hydrogens (tertiary/aromatic N) is 4. The van der Waals surface area contributed by atoms with Gasteiger partial charge >= 0.3 is 0 Å². The van der Waals surface area contributed by atoms with Gasteiger partial charge in [0.15, 0.2) is 11.0 Å². The van der Waals surface area contributed by atoms with Gasteiger partial charge in [-0.1, -0.05) is 47.6 Å². The average Bonchev–Trinajstić information content (AvgIpc) is 3.09. The Morgan fingerprint density at radius 1 is 1.22 bits per heavy atom. The Bertz CT molecular complexity index is 929. The third-order valence-corrected chi connectivity index (χ3v) is 5.07. The number of amides is 1. The molecule has 3 rings (SSSR count). The number of halogens is 1. The first kappa shape index (κ1) is 19.1. The van der Waals surface area contributed by atoms with E-state index in [2.05, 4.69) is 27.1 Å². The number of hydrogen-bond acceptors (Lipinski definition) is 5. The lowest BCUT2D eigenvalue weighted by atomic mass is 10.2. The lowest BCUT2D eigenvalue weighted by Gasteiger charge is -2.08. The number of allylic oxidation sites excluding steroid dienone is 1. The maximum atomic E-state index is 12.2. The number of nitrogens with one attached hydrogen (secondary N) is 1. The second kappa shape index (κ2) is 9.34. The van der Waals surface area contributed by atoms with Crippen molar-refractivity contribution in [3.05, 3.63) is 72.0 Å². The Labute approximate surface area is 166 Å². The molecule has 3 aromatic rings. The van der Waals surface area contributed by atoms with Crippen LogP contribution in [0.4, 0.5) is 0 Å². The first-order valence-electron chi connectivity index (χ1n) is 8.26. The Morgan fingerprint density at radius 3 is 2.74 bits per heavy atom. The van der Waals surface area contributed by atoms with Gasteiger partial charge in [-0.15, -0.1) is 16.8 Å². The third-order valence-electron chi connectivity index (χ3n) is 3.73. The fourth-order valence-electron chi connectivity index (χ4n) is 2.42. The fourth-order valence-corrected chi connectivity index (χ4v) is 3.40. The minimum Gasteiger partial charge on any atom is -0.351 e. The Balaban J connectivity index is 1.63. The molecule has 0 aliphatic heterocycles. The van der Waals surface area contributed by atoms with Crippen LogP contribution in [0.5, 0.6) is 0 Å². The van der Waals surface area contributed by atoms with Gasteiger partial charge in [-0.2, -0.15) is 0 Å². The molecule has 0 unspecified atom stereocenters. The van der Waals surface area contributed by atoms with Crippen molar-refractivity contribution in [3.63, 3.8) is 0 Å². The number of thioether (sulfide) groups is 1. The summed E-state index contributed by atoms with van der Waals surface area (Å²) in [5.74, 6) is 0.852. The van der Waals surface area contributed by atoms with Gasteiger partial charge in [-0.25, -0.2) is 0 Å². The second-order valence-electron chi connectivity index (χ2n) is 5.60. The summed E-state index contributed by atoms with van der Waals surface area (Å²) in [4.78, 5) is 16.2. The van der Waals surface area contributed by atoms with Gasteiger partial charge in [0.1, 0.15) is 0 Å². The fraction of sp³-hybridized carbons (Fsp3) is 0.158.